The van der Waals surface area contributed by atoms with Gasteiger partial charge >= 0.3 is 0 Å². The number of aryl methyl sites for hydroxylation is 1. The van der Waals surface area contributed by atoms with Gasteiger partial charge in [-0.2, -0.15) is 0 Å². The molecule has 0 saturated heterocycles. The largest absolute Gasteiger partial charge is 0.390 e. The van der Waals surface area contributed by atoms with Gasteiger partial charge in [0.15, 0.2) is 0 Å². The molecule has 0 aliphatic carbocycles. The average Bonchev–Trinajstić information content (AvgIpc) is 2.91. The van der Waals surface area contributed by atoms with Gasteiger partial charge in [-0.05, 0) is 60.9 Å². The Labute approximate surface area is 238 Å². The number of hydrogen-bond acceptors (Lipinski definition) is 4. The second-order valence-corrected chi connectivity index (χ2v) is 11.1. The molecular formula is C32H47F2N3O3. The Kier molecular flexibility index (Phi) is 13.7. The van der Waals surface area contributed by atoms with E-state index in [1.807, 2.05) is 39.8 Å². The maximum atomic E-state index is 14.0. The molecule has 40 heavy (non-hydrogen) atoms. The van der Waals surface area contributed by atoms with Crippen molar-refractivity contribution >= 4 is 11.8 Å². The van der Waals surface area contributed by atoms with Gasteiger partial charge in [0, 0.05) is 44.1 Å². The minimum atomic E-state index is -0.989. The molecule has 6 nitrogen and oxygen atoms in total. The van der Waals surface area contributed by atoms with Crippen molar-refractivity contribution in [3.05, 3.63) is 70.8 Å². The van der Waals surface area contributed by atoms with Crippen LogP contribution in [0.3, 0.4) is 0 Å². The summed E-state index contributed by atoms with van der Waals surface area (Å²) in [4.78, 5) is 27.8. The van der Waals surface area contributed by atoms with Crippen LogP contribution in [-0.2, 0) is 29.0 Å². The number of amides is 2. The zero-order valence-corrected chi connectivity index (χ0v) is 24.7. The van der Waals surface area contributed by atoms with Gasteiger partial charge in [-0.15, -0.1) is 0 Å². The molecule has 8 heteroatoms. The highest BCUT2D eigenvalue weighted by Gasteiger charge is 2.33. The van der Waals surface area contributed by atoms with Crippen LogP contribution in [0.5, 0.6) is 0 Å². The van der Waals surface area contributed by atoms with E-state index in [1.165, 1.54) is 17.7 Å². The molecule has 0 radical (unpaired) electrons. The minimum absolute atomic E-state index is 0.0922. The summed E-state index contributed by atoms with van der Waals surface area (Å²) < 4.78 is 28.0. The Bertz CT molecular complexity index is 1070. The molecule has 0 heterocycles. The fraction of sp³-hybridized carbons (Fsp3) is 0.562. The standard InChI is InChI=1S/C32H47F2N3O3/c1-6-14-36-31(40)32(4,5)13-12-30(39)37(15-7-2)28(19-25-17-26(33)20-27(34)18-25)29(38)22-35-21-24-11-9-10-23(8-3)16-24/h9-11,16-18,20,28-29,35,38H,6-8,12-15,19,21-22H2,1-5H3,(H,36,40)/t28-,29+/m0/s1. The topological polar surface area (TPSA) is 81.7 Å². The highest BCUT2D eigenvalue weighted by atomic mass is 19.1. The third-order valence-corrected chi connectivity index (χ3v) is 7.19. The zero-order valence-electron chi connectivity index (χ0n) is 24.7. The highest BCUT2D eigenvalue weighted by Crippen LogP contribution is 2.25. The smallest absolute Gasteiger partial charge is 0.225 e. The molecule has 222 valence electrons. The fourth-order valence-electron chi connectivity index (χ4n) is 4.75. The molecule has 0 saturated carbocycles. The molecule has 0 aliphatic rings. The molecule has 2 atom stereocenters. The van der Waals surface area contributed by atoms with Crippen LogP contribution < -0.4 is 10.6 Å². The SMILES string of the molecule is CCCNC(=O)C(C)(C)CCC(=O)N(CCC)[C@@H](Cc1cc(F)cc(F)c1)[C@H](O)CNCc1cccc(CC)c1. The summed E-state index contributed by atoms with van der Waals surface area (Å²) in [5.74, 6) is -1.71. The molecule has 2 rings (SSSR count). The van der Waals surface area contributed by atoms with Crippen LogP contribution in [0.4, 0.5) is 8.78 Å². The first-order valence-corrected chi connectivity index (χ1v) is 14.5. The van der Waals surface area contributed by atoms with Crippen LogP contribution in [0.25, 0.3) is 0 Å². The van der Waals surface area contributed by atoms with Crippen LogP contribution in [0.15, 0.2) is 42.5 Å². The Balaban J connectivity index is 2.22. The summed E-state index contributed by atoms with van der Waals surface area (Å²) in [6, 6.07) is 10.8. The van der Waals surface area contributed by atoms with Crippen LogP contribution in [0.2, 0.25) is 0 Å². The summed E-state index contributed by atoms with van der Waals surface area (Å²) in [5, 5.41) is 17.5. The predicted octanol–water partition coefficient (Wildman–Crippen LogP) is 5.16. The van der Waals surface area contributed by atoms with E-state index in [2.05, 4.69) is 29.7 Å². The van der Waals surface area contributed by atoms with Crippen molar-refractivity contribution in [1.82, 2.24) is 15.5 Å². The van der Waals surface area contributed by atoms with Crippen LogP contribution in [0.1, 0.15) is 77.0 Å². The highest BCUT2D eigenvalue weighted by molar-refractivity contribution is 5.83. The summed E-state index contributed by atoms with van der Waals surface area (Å²) in [5.41, 5.74) is 1.93. The van der Waals surface area contributed by atoms with Gasteiger partial charge in [0.1, 0.15) is 11.6 Å². The Hall–Kier alpha value is -2.84. The number of rotatable bonds is 17. The molecule has 0 bridgehead atoms. The van der Waals surface area contributed by atoms with E-state index in [0.717, 1.165) is 24.5 Å². The van der Waals surface area contributed by atoms with Crippen molar-refractivity contribution in [2.24, 2.45) is 5.41 Å². The number of hydrogen-bond donors (Lipinski definition) is 3. The van der Waals surface area contributed by atoms with Crippen molar-refractivity contribution in [3.63, 3.8) is 0 Å². The zero-order chi connectivity index (χ0) is 29.7. The Morgan fingerprint density at radius 2 is 1.65 bits per heavy atom. The third-order valence-electron chi connectivity index (χ3n) is 7.19. The predicted molar refractivity (Wildman–Crippen MR) is 156 cm³/mol. The summed E-state index contributed by atoms with van der Waals surface area (Å²) >= 11 is 0. The van der Waals surface area contributed by atoms with Crippen LogP contribution >= 0.6 is 0 Å². The van der Waals surface area contributed by atoms with Crippen LogP contribution in [0, 0.1) is 17.0 Å². The number of nitrogens with one attached hydrogen (secondary N) is 2. The average molecular weight is 560 g/mol. The molecule has 2 amide bonds. The maximum Gasteiger partial charge on any atom is 0.225 e. The molecule has 0 aliphatic heterocycles. The van der Waals surface area contributed by atoms with E-state index in [1.54, 1.807) is 4.90 Å². The molecule has 0 spiro atoms. The number of carbonyl (C=O) groups excluding carboxylic acids is 2. The second kappa shape index (κ2) is 16.4. The lowest BCUT2D eigenvalue weighted by atomic mass is 9.86. The van der Waals surface area contributed by atoms with Crippen molar-refractivity contribution in [3.8, 4) is 0 Å². The van der Waals surface area contributed by atoms with E-state index in [4.69, 9.17) is 0 Å². The van der Waals surface area contributed by atoms with E-state index in [9.17, 15) is 23.5 Å². The third kappa shape index (κ3) is 10.6. The second-order valence-electron chi connectivity index (χ2n) is 11.1. The Morgan fingerprint density at radius 1 is 0.975 bits per heavy atom. The van der Waals surface area contributed by atoms with Gasteiger partial charge in [0.2, 0.25) is 11.8 Å². The molecule has 0 fully saturated rings. The van der Waals surface area contributed by atoms with Crippen molar-refractivity contribution in [1.29, 1.82) is 0 Å². The van der Waals surface area contributed by atoms with Gasteiger partial charge in [0.05, 0.1) is 12.1 Å². The van der Waals surface area contributed by atoms with Gasteiger partial charge in [-0.1, -0.05) is 58.9 Å². The van der Waals surface area contributed by atoms with Gasteiger partial charge in [-0.25, -0.2) is 8.78 Å². The van der Waals surface area contributed by atoms with Crippen LogP contribution in [-0.4, -0.2) is 53.6 Å². The molecule has 3 N–H and O–H groups in total. The summed E-state index contributed by atoms with van der Waals surface area (Å²) in [6.45, 7) is 11.3. The lowest BCUT2D eigenvalue weighted by Gasteiger charge is -2.36. The number of aliphatic hydroxyl groups is 1. The van der Waals surface area contributed by atoms with Gasteiger partial charge in [-0.3, -0.25) is 9.59 Å². The van der Waals surface area contributed by atoms with Crippen molar-refractivity contribution in [2.75, 3.05) is 19.6 Å². The first kappa shape index (κ1) is 33.4. The lowest BCUT2D eigenvalue weighted by Crippen LogP contribution is -2.52. The van der Waals surface area contributed by atoms with Gasteiger partial charge < -0.3 is 20.6 Å². The first-order valence-electron chi connectivity index (χ1n) is 14.5. The molecule has 2 aromatic rings. The summed E-state index contributed by atoms with van der Waals surface area (Å²) in [7, 11) is 0. The fourth-order valence-corrected chi connectivity index (χ4v) is 4.75. The molecule has 0 aromatic heterocycles. The monoisotopic (exact) mass is 559 g/mol. The van der Waals surface area contributed by atoms with E-state index < -0.39 is 29.2 Å². The van der Waals surface area contributed by atoms with E-state index >= 15 is 0 Å². The molecule has 0 unspecified atom stereocenters. The normalized spacial score (nSPS) is 13.1. The number of halogens is 2. The number of benzene rings is 2. The summed E-state index contributed by atoms with van der Waals surface area (Å²) in [6.07, 6.45) is 1.95. The van der Waals surface area contributed by atoms with Crippen molar-refractivity contribution < 1.29 is 23.5 Å². The number of carbonyl (C=O) groups is 2. The van der Waals surface area contributed by atoms with Crippen molar-refractivity contribution in [2.45, 2.75) is 91.8 Å². The first-order chi connectivity index (χ1) is 19.0. The molecular weight excluding hydrogens is 512 g/mol. The van der Waals surface area contributed by atoms with Gasteiger partial charge in [0.25, 0.3) is 0 Å². The quantitative estimate of drug-likeness (QED) is 0.250. The maximum absolute atomic E-state index is 14.0. The van der Waals surface area contributed by atoms with E-state index in [0.29, 0.717) is 38.0 Å². The molecule has 2 aromatic carbocycles. The minimum Gasteiger partial charge on any atom is -0.390 e. The number of aliphatic hydroxyl groups excluding tert-OH is 1. The number of nitrogens with zero attached hydrogens (tertiary/aromatic N) is 1. The van der Waals surface area contributed by atoms with E-state index in [-0.39, 0.29) is 31.2 Å². The Morgan fingerprint density at radius 3 is 2.27 bits per heavy atom. The lowest BCUT2D eigenvalue weighted by molar-refractivity contribution is -0.137.